The molecule has 0 aliphatic carbocycles. The van der Waals surface area contributed by atoms with Crippen molar-refractivity contribution in [1.82, 2.24) is 5.32 Å². The lowest BCUT2D eigenvalue weighted by Crippen LogP contribution is -2.21. The molecule has 0 aliphatic heterocycles. The van der Waals surface area contributed by atoms with Gasteiger partial charge in [-0.3, -0.25) is 0 Å². The molecule has 0 radical (unpaired) electrons. The molecule has 1 aromatic carbocycles. The van der Waals surface area contributed by atoms with Gasteiger partial charge in [0.25, 0.3) is 0 Å². The molecule has 1 N–H and O–H groups in total. The van der Waals surface area contributed by atoms with Crippen LogP contribution in [0.2, 0.25) is 5.02 Å². The summed E-state index contributed by atoms with van der Waals surface area (Å²) in [6.45, 7) is 6.42. The summed E-state index contributed by atoms with van der Waals surface area (Å²) in [5.74, 6) is 0. The molecule has 0 amide bonds. The van der Waals surface area contributed by atoms with Gasteiger partial charge in [-0.2, -0.15) is 0 Å². The number of nitrogens with one attached hydrogen (secondary N) is 1. The number of rotatable bonds is 7. The van der Waals surface area contributed by atoms with E-state index in [9.17, 15) is 0 Å². The standard InChI is InChI=1S/C16H20ClNOS/c1-12(2)18-9-14-7-8-15(20-14)11-19-10-13-5-3-4-6-16(13)17/h3-8,12,18H,9-11H2,1-2H3. The van der Waals surface area contributed by atoms with Gasteiger partial charge in [0.15, 0.2) is 0 Å². The summed E-state index contributed by atoms with van der Waals surface area (Å²) in [5, 5.41) is 4.18. The van der Waals surface area contributed by atoms with E-state index in [2.05, 4.69) is 31.3 Å². The summed E-state index contributed by atoms with van der Waals surface area (Å²) >= 11 is 7.89. The Morgan fingerprint density at radius 2 is 1.85 bits per heavy atom. The molecule has 20 heavy (non-hydrogen) atoms. The molecule has 0 bridgehead atoms. The first kappa shape index (κ1) is 15.5. The second-order valence-electron chi connectivity index (χ2n) is 4.99. The van der Waals surface area contributed by atoms with Gasteiger partial charge in [-0.25, -0.2) is 0 Å². The maximum Gasteiger partial charge on any atom is 0.0814 e. The number of benzene rings is 1. The zero-order chi connectivity index (χ0) is 14.4. The Kier molecular flexibility index (Phi) is 6.05. The van der Waals surface area contributed by atoms with Crippen molar-refractivity contribution in [2.75, 3.05) is 0 Å². The van der Waals surface area contributed by atoms with E-state index in [4.69, 9.17) is 16.3 Å². The van der Waals surface area contributed by atoms with Crippen molar-refractivity contribution in [3.8, 4) is 0 Å². The van der Waals surface area contributed by atoms with Gasteiger partial charge in [0.05, 0.1) is 13.2 Å². The molecule has 108 valence electrons. The van der Waals surface area contributed by atoms with Crippen molar-refractivity contribution in [3.05, 3.63) is 56.7 Å². The van der Waals surface area contributed by atoms with Crippen molar-refractivity contribution in [2.45, 2.75) is 39.6 Å². The lowest BCUT2D eigenvalue weighted by molar-refractivity contribution is 0.109. The first-order chi connectivity index (χ1) is 9.65. The Balaban J connectivity index is 1.78. The Hall–Kier alpha value is -0.870. The molecule has 0 fully saturated rings. The molecule has 0 unspecified atom stereocenters. The summed E-state index contributed by atoms with van der Waals surface area (Å²) < 4.78 is 5.73. The van der Waals surface area contributed by atoms with Gasteiger partial charge in [-0.15, -0.1) is 11.3 Å². The molecule has 0 spiro atoms. The monoisotopic (exact) mass is 309 g/mol. The molecule has 2 aromatic rings. The molecule has 2 rings (SSSR count). The predicted octanol–water partition coefficient (Wildman–Crippen LogP) is 4.62. The summed E-state index contributed by atoms with van der Waals surface area (Å²) in [5.41, 5.74) is 1.03. The lowest BCUT2D eigenvalue weighted by Gasteiger charge is -2.06. The number of thiophene rings is 1. The highest BCUT2D eigenvalue weighted by atomic mass is 35.5. The fourth-order valence-electron chi connectivity index (χ4n) is 1.78. The molecule has 4 heteroatoms. The maximum atomic E-state index is 6.10. The number of hydrogen-bond acceptors (Lipinski definition) is 3. The van der Waals surface area contributed by atoms with E-state index in [1.54, 1.807) is 11.3 Å². The molecule has 0 atom stereocenters. The van der Waals surface area contributed by atoms with Crippen LogP contribution in [0.5, 0.6) is 0 Å². The third kappa shape index (κ3) is 4.91. The van der Waals surface area contributed by atoms with E-state index in [0.29, 0.717) is 19.3 Å². The van der Waals surface area contributed by atoms with Crippen molar-refractivity contribution in [1.29, 1.82) is 0 Å². The second-order valence-corrected chi connectivity index (χ2v) is 6.65. The Labute approximate surface area is 129 Å². The van der Waals surface area contributed by atoms with Crippen molar-refractivity contribution in [3.63, 3.8) is 0 Å². The van der Waals surface area contributed by atoms with Crippen LogP contribution in [-0.4, -0.2) is 6.04 Å². The van der Waals surface area contributed by atoms with E-state index in [1.807, 2.05) is 24.3 Å². The van der Waals surface area contributed by atoms with Crippen LogP contribution in [-0.2, 0) is 24.5 Å². The molecule has 2 nitrogen and oxygen atoms in total. The SMILES string of the molecule is CC(C)NCc1ccc(COCc2ccccc2Cl)s1. The zero-order valence-corrected chi connectivity index (χ0v) is 13.4. The minimum atomic E-state index is 0.511. The van der Waals surface area contributed by atoms with Gasteiger partial charge < -0.3 is 10.1 Å². The smallest absolute Gasteiger partial charge is 0.0814 e. The van der Waals surface area contributed by atoms with Crippen LogP contribution < -0.4 is 5.32 Å². The topological polar surface area (TPSA) is 21.3 Å². The minimum absolute atomic E-state index is 0.511. The second kappa shape index (κ2) is 7.79. The summed E-state index contributed by atoms with van der Waals surface area (Å²) in [7, 11) is 0. The van der Waals surface area contributed by atoms with Gasteiger partial charge in [0, 0.05) is 27.4 Å². The van der Waals surface area contributed by atoms with Crippen molar-refractivity contribution < 1.29 is 4.74 Å². The Morgan fingerprint density at radius 3 is 2.60 bits per heavy atom. The molecule has 0 saturated carbocycles. The normalized spacial score (nSPS) is 11.2. The Bertz CT molecular complexity index is 539. The highest BCUT2D eigenvalue weighted by Crippen LogP contribution is 2.20. The average Bonchev–Trinajstić information content (AvgIpc) is 2.87. The minimum Gasteiger partial charge on any atom is -0.371 e. The predicted molar refractivity (Wildman–Crippen MR) is 86.2 cm³/mol. The van der Waals surface area contributed by atoms with Crippen molar-refractivity contribution >= 4 is 22.9 Å². The number of ether oxygens (including phenoxy) is 1. The van der Waals surface area contributed by atoms with Crippen LogP contribution in [0, 0.1) is 0 Å². The first-order valence-electron chi connectivity index (χ1n) is 6.77. The third-order valence-corrected chi connectivity index (χ3v) is 4.29. The molecule has 1 aromatic heterocycles. The van der Waals surface area contributed by atoms with E-state index < -0.39 is 0 Å². The summed E-state index contributed by atoms with van der Waals surface area (Å²) in [6.07, 6.45) is 0. The number of halogens is 1. The summed E-state index contributed by atoms with van der Waals surface area (Å²) in [4.78, 5) is 2.59. The zero-order valence-electron chi connectivity index (χ0n) is 11.9. The van der Waals surface area contributed by atoms with E-state index in [0.717, 1.165) is 17.1 Å². The highest BCUT2D eigenvalue weighted by Gasteiger charge is 2.03. The molecule has 0 aliphatic rings. The van der Waals surface area contributed by atoms with Crippen LogP contribution >= 0.6 is 22.9 Å². The van der Waals surface area contributed by atoms with Crippen LogP contribution in [0.4, 0.5) is 0 Å². The van der Waals surface area contributed by atoms with Gasteiger partial charge in [0.2, 0.25) is 0 Å². The first-order valence-corrected chi connectivity index (χ1v) is 7.96. The van der Waals surface area contributed by atoms with Gasteiger partial charge in [-0.05, 0) is 23.8 Å². The lowest BCUT2D eigenvalue weighted by atomic mass is 10.2. The van der Waals surface area contributed by atoms with Crippen LogP contribution in [0.25, 0.3) is 0 Å². The highest BCUT2D eigenvalue weighted by molar-refractivity contribution is 7.11. The maximum absolute atomic E-state index is 6.10. The van der Waals surface area contributed by atoms with E-state index >= 15 is 0 Å². The van der Waals surface area contributed by atoms with Crippen molar-refractivity contribution in [2.24, 2.45) is 0 Å². The largest absolute Gasteiger partial charge is 0.371 e. The van der Waals surface area contributed by atoms with Gasteiger partial charge >= 0.3 is 0 Å². The summed E-state index contributed by atoms with van der Waals surface area (Å²) in [6, 6.07) is 12.6. The molecule has 1 heterocycles. The van der Waals surface area contributed by atoms with Gasteiger partial charge in [0.1, 0.15) is 0 Å². The van der Waals surface area contributed by atoms with Crippen LogP contribution in [0.3, 0.4) is 0 Å². The third-order valence-electron chi connectivity index (χ3n) is 2.86. The van der Waals surface area contributed by atoms with E-state index in [1.165, 1.54) is 9.75 Å². The molecular weight excluding hydrogens is 290 g/mol. The fraction of sp³-hybridized carbons (Fsp3) is 0.375. The number of hydrogen-bond donors (Lipinski definition) is 1. The Morgan fingerprint density at radius 1 is 1.10 bits per heavy atom. The quantitative estimate of drug-likeness (QED) is 0.806. The van der Waals surface area contributed by atoms with Crippen LogP contribution in [0.15, 0.2) is 36.4 Å². The fourth-order valence-corrected chi connectivity index (χ4v) is 2.87. The van der Waals surface area contributed by atoms with Crippen LogP contribution in [0.1, 0.15) is 29.2 Å². The molecule has 0 saturated heterocycles. The molecular formula is C16H20ClNOS. The van der Waals surface area contributed by atoms with Gasteiger partial charge in [-0.1, -0.05) is 43.6 Å². The van der Waals surface area contributed by atoms with E-state index in [-0.39, 0.29) is 0 Å². The average molecular weight is 310 g/mol.